The molecule has 5 aliphatic rings. The molecule has 318 valence electrons. The van der Waals surface area contributed by atoms with Crippen LogP contribution in [0, 0.1) is 5.92 Å². The van der Waals surface area contributed by atoms with Gasteiger partial charge in [0.05, 0.1) is 22.4 Å². The number of alkyl carbamates (subject to hydrolysis) is 1. The van der Waals surface area contributed by atoms with E-state index in [1.54, 1.807) is 11.3 Å². The molecule has 5 atom stereocenters. The molecule has 0 radical (unpaired) electrons. The van der Waals surface area contributed by atoms with Crippen molar-refractivity contribution in [3.8, 4) is 16.3 Å². The normalized spacial score (nSPS) is 27.1. The molecular weight excluding hydrogens is 807 g/mol. The molecule has 2 aliphatic heterocycles. The van der Waals surface area contributed by atoms with Crippen LogP contribution in [0.3, 0.4) is 0 Å². The van der Waals surface area contributed by atoms with Crippen LogP contribution in [-0.4, -0.2) is 83.7 Å². The molecule has 60 heavy (non-hydrogen) atoms. The number of hydrogen-bond donors (Lipinski definition) is 3. The van der Waals surface area contributed by atoms with Crippen LogP contribution in [0.1, 0.15) is 95.3 Å². The Bertz CT molecular complexity index is 2450. The number of rotatable bonds is 9. The number of amides is 4. The van der Waals surface area contributed by atoms with Crippen molar-refractivity contribution >= 4 is 67.2 Å². The number of benzene rings is 1. The molecule has 3 aromatic heterocycles. The summed E-state index contributed by atoms with van der Waals surface area (Å²) in [6.07, 6.45) is 11.1. The Morgan fingerprint density at radius 3 is 2.60 bits per heavy atom. The highest BCUT2D eigenvalue weighted by Gasteiger charge is 2.62. The number of pyridine rings is 1. The summed E-state index contributed by atoms with van der Waals surface area (Å²) in [6.45, 7) is 2.09. The van der Waals surface area contributed by atoms with E-state index in [-0.39, 0.29) is 25.5 Å². The molecule has 4 fully saturated rings. The summed E-state index contributed by atoms with van der Waals surface area (Å²) in [4.78, 5) is 65.2. The molecule has 16 heteroatoms. The van der Waals surface area contributed by atoms with Crippen molar-refractivity contribution in [3.63, 3.8) is 0 Å². The summed E-state index contributed by atoms with van der Waals surface area (Å²) < 4.78 is 47.0. The molecule has 0 spiro atoms. The third-order valence-corrected chi connectivity index (χ3v) is 15.6. The standard InChI is InChI=1S/C44H51N5O9S2/c1-2-29-18-21-37(59-29)33-23-36(39-38(45-33)31-15-10-11-17-35(31)58-39)56-28-22-34-40(50)47-44(42(52)48-60(54,55)30-19-20-30)24-26(44)12-6-4-3-5-7-16-32(41(51)49(34)25-28)46-43(53)57-27-13-8-9-14-27/h6,10-12,15,17-18,21,23,26-28,30,32,34H,2-5,7-9,13-14,16,19-20,22,24-25H2,1H3,(H,46,53)(H,47,50)(H,48,52)/b12-6-/t26-,28-,32+,34+,44-/m1/s1. The van der Waals surface area contributed by atoms with Crippen LogP contribution in [0.5, 0.6) is 5.75 Å². The van der Waals surface area contributed by atoms with Gasteiger partial charge in [0.1, 0.15) is 40.9 Å². The lowest BCUT2D eigenvalue weighted by atomic mass is 10.0. The van der Waals surface area contributed by atoms with E-state index >= 15 is 0 Å². The third kappa shape index (κ3) is 8.24. The van der Waals surface area contributed by atoms with Gasteiger partial charge >= 0.3 is 6.09 Å². The van der Waals surface area contributed by atoms with Crippen LogP contribution in [0.2, 0.25) is 0 Å². The molecular formula is C44H51N5O9S2. The third-order valence-electron chi connectivity index (χ3n) is 12.6. The summed E-state index contributed by atoms with van der Waals surface area (Å²) >= 11 is 1.64. The summed E-state index contributed by atoms with van der Waals surface area (Å²) in [7, 11) is -3.90. The lowest BCUT2D eigenvalue weighted by molar-refractivity contribution is -0.141. The van der Waals surface area contributed by atoms with Gasteiger partial charge in [-0.3, -0.25) is 19.1 Å². The second kappa shape index (κ2) is 16.5. The smallest absolute Gasteiger partial charge is 0.408 e. The fraction of sp³-hybridized carbons (Fsp3) is 0.523. The van der Waals surface area contributed by atoms with Gasteiger partial charge < -0.3 is 29.4 Å². The summed E-state index contributed by atoms with van der Waals surface area (Å²) in [5.41, 5.74) is 0.877. The Kier molecular flexibility index (Phi) is 11.1. The number of carbonyl (C=O) groups is 4. The predicted octanol–water partition coefficient (Wildman–Crippen LogP) is 6.66. The monoisotopic (exact) mass is 857 g/mol. The maximum absolute atomic E-state index is 14.8. The fourth-order valence-electron chi connectivity index (χ4n) is 8.93. The number of carbonyl (C=O) groups excluding carboxylic acids is 4. The summed E-state index contributed by atoms with van der Waals surface area (Å²) in [5.74, 6) is -1.88. The quantitative estimate of drug-likeness (QED) is 0.154. The van der Waals surface area contributed by atoms with Crippen molar-refractivity contribution in [1.29, 1.82) is 0 Å². The predicted molar refractivity (Wildman–Crippen MR) is 226 cm³/mol. The van der Waals surface area contributed by atoms with Gasteiger partial charge in [-0.1, -0.05) is 44.1 Å². The van der Waals surface area contributed by atoms with Crippen LogP contribution in [-0.2, 0) is 35.6 Å². The molecule has 3 N–H and O–H groups in total. The Labute approximate surface area is 352 Å². The van der Waals surface area contributed by atoms with Gasteiger partial charge in [0, 0.05) is 28.7 Å². The second-order valence-electron chi connectivity index (χ2n) is 16.9. The Morgan fingerprint density at radius 2 is 1.82 bits per heavy atom. The first-order chi connectivity index (χ1) is 29.0. The SMILES string of the molecule is CCc1ccc(-c2cc(O[C@@H]3C[C@H]4C(=O)N[C@]5(C(=O)NS(=O)(=O)C6CC6)C[C@H]5/C=C\CCCCC[C@H](NC(=O)OC5CCCC5)C(=O)N4C3)c3oc4ccccc4c3n2)s1. The number of fused-ring (bicyclic) bond motifs is 5. The lowest BCUT2D eigenvalue weighted by Gasteiger charge is -2.30. The number of aromatic nitrogens is 1. The number of nitrogens with one attached hydrogen (secondary N) is 3. The van der Waals surface area contributed by atoms with E-state index < -0.39 is 68.7 Å². The number of sulfonamides is 1. The number of thiophene rings is 1. The molecule has 0 bridgehead atoms. The van der Waals surface area contributed by atoms with Crippen molar-refractivity contribution in [2.75, 3.05) is 6.54 Å². The summed E-state index contributed by atoms with van der Waals surface area (Å²) in [5, 5.41) is 5.96. The molecule has 0 unspecified atom stereocenters. The van der Waals surface area contributed by atoms with Crippen molar-refractivity contribution in [2.45, 2.75) is 132 Å². The van der Waals surface area contributed by atoms with Gasteiger partial charge in [-0.2, -0.15) is 0 Å². The minimum Gasteiger partial charge on any atom is -0.484 e. The fourth-order valence-corrected chi connectivity index (χ4v) is 11.2. The van der Waals surface area contributed by atoms with E-state index in [9.17, 15) is 27.6 Å². The topological polar surface area (TPSA) is 186 Å². The number of furan rings is 1. The maximum atomic E-state index is 14.8. The van der Waals surface area contributed by atoms with Gasteiger partial charge in [-0.05, 0) is 94.9 Å². The zero-order valence-electron chi connectivity index (χ0n) is 33.7. The average molecular weight is 858 g/mol. The zero-order valence-corrected chi connectivity index (χ0v) is 35.3. The largest absolute Gasteiger partial charge is 0.484 e. The van der Waals surface area contributed by atoms with E-state index in [1.165, 1.54) is 9.78 Å². The van der Waals surface area contributed by atoms with E-state index in [0.717, 1.165) is 55.2 Å². The molecule has 4 amide bonds. The Hall–Kier alpha value is -4.96. The molecule has 1 aromatic carbocycles. The van der Waals surface area contributed by atoms with Gasteiger partial charge in [0.25, 0.3) is 5.91 Å². The van der Waals surface area contributed by atoms with E-state index in [2.05, 4.69) is 28.3 Å². The van der Waals surface area contributed by atoms with Crippen molar-refractivity contribution in [3.05, 3.63) is 59.5 Å². The molecule has 4 aromatic rings. The van der Waals surface area contributed by atoms with Gasteiger partial charge in [-0.25, -0.2) is 18.2 Å². The van der Waals surface area contributed by atoms with Gasteiger partial charge in [0.2, 0.25) is 21.8 Å². The van der Waals surface area contributed by atoms with Crippen molar-refractivity contribution < 1.29 is 41.5 Å². The van der Waals surface area contributed by atoms with Crippen molar-refractivity contribution in [2.24, 2.45) is 5.92 Å². The Morgan fingerprint density at radius 1 is 1.02 bits per heavy atom. The average Bonchev–Trinajstić information content (AvgIpc) is 3.88. The van der Waals surface area contributed by atoms with Gasteiger partial charge in [-0.15, -0.1) is 11.3 Å². The van der Waals surface area contributed by atoms with Crippen molar-refractivity contribution in [1.82, 2.24) is 25.2 Å². The highest BCUT2D eigenvalue weighted by Crippen LogP contribution is 2.46. The van der Waals surface area contributed by atoms with Crippen LogP contribution in [0.4, 0.5) is 4.79 Å². The van der Waals surface area contributed by atoms with E-state index in [4.69, 9.17) is 18.9 Å². The first kappa shape index (κ1) is 40.4. The lowest BCUT2D eigenvalue weighted by Crippen LogP contribution is -2.58. The van der Waals surface area contributed by atoms with E-state index in [1.807, 2.05) is 48.6 Å². The zero-order chi connectivity index (χ0) is 41.6. The van der Waals surface area contributed by atoms with Crippen LogP contribution < -0.4 is 20.1 Å². The van der Waals surface area contributed by atoms with Crippen LogP contribution in [0.25, 0.3) is 32.6 Å². The molecule has 3 saturated carbocycles. The molecule has 3 aliphatic carbocycles. The molecule has 14 nitrogen and oxygen atoms in total. The molecule has 9 rings (SSSR count). The number of aryl methyl sites for hydroxylation is 1. The summed E-state index contributed by atoms with van der Waals surface area (Å²) in [6, 6.07) is 11.5. The van der Waals surface area contributed by atoms with Crippen LogP contribution in [0.15, 0.2) is 59.0 Å². The first-order valence-electron chi connectivity index (χ1n) is 21.4. The van der Waals surface area contributed by atoms with Crippen LogP contribution >= 0.6 is 11.3 Å². The number of nitrogens with zero attached hydrogens (tertiary/aromatic N) is 2. The highest BCUT2D eigenvalue weighted by molar-refractivity contribution is 7.91. The number of hydrogen-bond acceptors (Lipinski definition) is 11. The van der Waals surface area contributed by atoms with E-state index in [0.29, 0.717) is 60.2 Å². The Balaban J connectivity index is 1.05. The van der Waals surface area contributed by atoms with Gasteiger partial charge in [0.15, 0.2) is 11.3 Å². The minimum atomic E-state index is -3.90. The highest BCUT2D eigenvalue weighted by atomic mass is 32.2. The second-order valence-corrected chi connectivity index (χ2v) is 20.0. The maximum Gasteiger partial charge on any atom is 0.408 e. The molecule has 5 heterocycles. The first-order valence-corrected chi connectivity index (χ1v) is 23.8. The minimum absolute atomic E-state index is 0.0102. The molecule has 1 saturated heterocycles. The number of para-hydroxylation sites is 1. The number of ether oxygens (including phenoxy) is 2. The number of allylic oxidation sites excluding steroid dienone is 1.